The minimum absolute atomic E-state index is 0.182. The second-order valence-electron chi connectivity index (χ2n) is 4.94. The molecule has 2 heterocycles. The van der Waals surface area contributed by atoms with Gasteiger partial charge in [0.25, 0.3) is 0 Å². The summed E-state index contributed by atoms with van der Waals surface area (Å²) in [5.74, 6) is -0.182. The van der Waals surface area contributed by atoms with Crippen molar-refractivity contribution >= 4 is 0 Å². The smallest absolute Gasteiger partial charge is 0.126 e. The number of hydrogen-bond donors (Lipinski definition) is 1. The summed E-state index contributed by atoms with van der Waals surface area (Å²) < 4.78 is 13.3. The molecule has 20 heavy (non-hydrogen) atoms. The Morgan fingerprint density at radius 2 is 2.20 bits per heavy atom. The van der Waals surface area contributed by atoms with Crippen molar-refractivity contribution in [1.29, 1.82) is 0 Å². The first-order valence-corrected chi connectivity index (χ1v) is 6.58. The molecule has 0 bridgehead atoms. The Kier molecular flexibility index (Phi) is 3.37. The van der Waals surface area contributed by atoms with Crippen LogP contribution in [0.3, 0.4) is 0 Å². The Morgan fingerprint density at radius 3 is 2.85 bits per heavy atom. The molecule has 1 aliphatic heterocycles. The molecule has 2 aromatic rings. The zero-order chi connectivity index (χ0) is 13.9. The van der Waals surface area contributed by atoms with Crippen LogP contribution in [0.2, 0.25) is 0 Å². The summed E-state index contributed by atoms with van der Waals surface area (Å²) in [6.07, 6.45) is 5.83. The van der Waals surface area contributed by atoms with Crippen LogP contribution in [-0.2, 0) is 6.54 Å². The average molecular weight is 269 g/mol. The highest BCUT2D eigenvalue weighted by atomic mass is 19.1. The van der Waals surface area contributed by atoms with Crippen molar-refractivity contribution in [2.75, 3.05) is 6.67 Å². The molecule has 1 aromatic heterocycles. The lowest BCUT2D eigenvalue weighted by atomic mass is 10.1. The molecule has 3 nitrogen and oxygen atoms in total. The Bertz CT molecular complexity index is 635. The van der Waals surface area contributed by atoms with Crippen LogP contribution in [0.25, 0.3) is 11.3 Å². The lowest BCUT2D eigenvalue weighted by molar-refractivity contribution is 0.384. The standard InChI is InChI=1S/C16H16FN3/c1-12-8-14(3-4-15(12)17)16-5-2-13(9-19-16)10-20-7-6-18-11-20/h2-9,18H,10-11H2,1H3. The van der Waals surface area contributed by atoms with Gasteiger partial charge in [-0.15, -0.1) is 0 Å². The Balaban J connectivity index is 1.78. The summed E-state index contributed by atoms with van der Waals surface area (Å²) in [7, 11) is 0. The van der Waals surface area contributed by atoms with Gasteiger partial charge in [-0.05, 0) is 42.3 Å². The van der Waals surface area contributed by atoms with E-state index in [-0.39, 0.29) is 5.82 Å². The molecule has 0 fully saturated rings. The average Bonchev–Trinajstić information content (AvgIpc) is 2.96. The van der Waals surface area contributed by atoms with Gasteiger partial charge in [-0.2, -0.15) is 0 Å². The highest BCUT2D eigenvalue weighted by Crippen LogP contribution is 2.20. The molecule has 0 saturated carbocycles. The van der Waals surface area contributed by atoms with Gasteiger partial charge in [0, 0.05) is 30.7 Å². The lowest BCUT2D eigenvalue weighted by Gasteiger charge is -2.14. The number of aromatic nitrogens is 1. The number of pyridine rings is 1. The van der Waals surface area contributed by atoms with E-state index in [9.17, 15) is 4.39 Å². The fraction of sp³-hybridized carbons (Fsp3) is 0.188. The molecule has 1 aliphatic rings. The van der Waals surface area contributed by atoms with Crippen LogP contribution in [0.5, 0.6) is 0 Å². The molecule has 3 rings (SSSR count). The van der Waals surface area contributed by atoms with Gasteiger partial charge in [0.05, 0.1) is 12.4 Å². The summed E-state index contributed by atoms with van der Waals surface area (Å²) in [6.45, 7) is 3.43. The Morgan fingerprint density at radius 1 is 1.30 bits per heavy atom. The highest BCUT2D eigenvalue weighted by Gasteiger charge is 2.06. The van der Waals surface area contributed by atoms with Gasteiger partial charge < -0.3 is 10.2 Å². The van der Waals surface area contributed by atoms with Gasteiger partial charge >= 0.3 is 0 Å². The van der Waals surface area contributed by atoms with Crippen molar-refractivity contribution in [1.82, 2.24) is 15.2 Å². The summed E-state index contributed by atoms with van der Waals surface area (Å²) in [4.78, 5) is 6.63. The highest BCUT2D eigenvalue weighted by molar-refractivity contribution is 5.60. The Labute approximate surface area is 117 Å². The van der Waals surface area contributed by atoms with E-state index in [0.717, 1.165) is 30.0 Å². The van der Waals surface area contributed by atoms with Crippen LogP contribution in [-0.4, -0.2) is 16.6 Å². The van der Waals surface area contributed by atoms with E-state index >= 15 is 0 Å². The van der Waals surface area contributed by atoms with Crippen molar-refractivity contribution in [2.45, 2.75) is 13.5 Å². The topological polar surface area (TPSA) is 28.2 Å². The summed E-state index contributed by atoms with van der Waals surface area (Å²) in [5.41, 5.74) is 3.60. The van der Waals surface area contributed by atoms with E-state index in [1.165, 1.54) is 6.07 Å². The maximum atomic E-state index is 13.3. The van der Waals surface area contributed by atoms with Gasteiger partial charge in [0.15, 0.2) is 0 Å². The second-order valence-corrected chi connectivity index (χ2v) is 4.94. The zero-order valence-electron chi connectivity index (χ0n) is 11.3. The van der Waals surface area contributed by atoms with Gasteiger partial charge in [-0.3, -0.25) is 4.98 Å². The number of aryl methyl sites for hydroxylation is 1. The van der Waals surface area contributed by atoms with E-state index in [1.807, 2.05) is 30.7 Å². The third-order valence-corrected chi connectivity index (χ3v) is 3.36. The molecular formula is C16H16FN3. The monoisotopic (exact) mass is 269 g/mol. The maximum absolute atomic E-state index is 13.3. The number of benzene rings is 1. The number of nitrogens with one attached hydrogen (secondary N) is 1. The quantitative estimate of drug-likeness (QED) is 0.928. The van der Waals surface area contributed by atoms with Gasteiger partial charge in [-0.25, -0.2) is 4.39 Å². The van der Waals surface area contributed by atoms with Crippen molar-refractivity contribution in [3.05, 3.63) is 65.9 Å². The molecule has 0 amide bonds. The predicted molar refractivity (Wildman–Crippen MR) is 77.1 cm³/mol. The predicted octanol–water partition coefficient (Wildman–Crippen LogP) is 3.03. The van der Waals surface area contributed by atoms with E-state index < -0.39 is 0 Å². The third kappa shape index (κ3) is 2.64. The van der Waals surface area contributed by atoms with Crippen LogP contribution in [0.4, 0.5) is 4.39 Å². The van der Waals surface area contributed by atoms with E-state index in [1.54, 1.807) is 13.0 Å². The van der Waals surface area contributed by atoms with E-state index in [4.69, 9.17) is 0 Å². The number of rotatable bonds is 3. The van der Waals surface area contributed by atoms with Crippen LogP contribution < -0.4 is 5.32 Å². The number of nitrogens with zero attached hydrogens (tertiary/aromatic N) is 2. The molecule has 0 radical (unpaired) electrons. The SMILES string of the molecule is Cc1cc(-c2ccc(CN3C=CNC3)cn2)ccc1F. The van der Waals surface area contributed by atoms with Crippen molar-refractivity contribution < 1.29 is 4.39 Å². The third-order valence-electron chi connectivity index (χ3n) is 3.36. The van der Waals surface area contributed by atoms with Crippen molar-refractivity contribution in [3.8, 4) is 11.3 Å². The summed E-state index contributed by atoms with van der Waals surface area (Å²) >= 11 is 0. The van der Waals surface area contributed by atoms with Gasteiger partial charge in [0.1, 0.15) is 5.82 Å². The molecule has 4 heteroatoms. The van der Waals surface area contributed by atoms with E-state index in [0.29, 0.717) is 5.56 Å². The molecule has 102 valence electrons. The minimum atomic E-state index is -0.182. The largest absolute Gasteiger partial charge is 0.373 e. The molecular weight excluding hydrogens is 253 g/mol. The van der Waals surface area contributed by atoms with Gasteiger partial charge in [0.2, 0.25) is 0 Å². The molecule has 0 atom stereocenters. The number of halogens is 1. The summed E-state index contributed by atoms with van der Waals surface area (Å²) in [5, 5.41) is 3.13. The fourth-order valence-electron chi connectivity index (χ4n) is 2.22. The first-order valence-electron chi connectivity index (χ1n) is 6.58. The molecule has 0 spiro atoms. The zero-order valence-corrected chi connectivity index (χ0v) is 11.3. The molecule has 0 saturated heterocycles. The molecule has 0 unspecified atom stereocenters. The first kappa shape index (κ1) is 12.7. The van der Waals surface area contributed by atoms with Crippen molar-refractivity contribution in [2.24, 2.45) is 0 Å². The van der Waals surface area contributed by atoms with Crippen LogP contribution in [0.1, 0.15) is 11.1 Å². The van der Waals surface area contributed by atoms with Crippen LogP contribution in [0, 0.1) is 12.7 Å². The molecule has 1 aromatic carbocycles. The lowest BCUT2D eigenvalue weighted by Crippen LogP contribution is -2.19. The van der Waals surface area contributed by atoms with Gasteiger partial charge in [-0.1, -0.05) is 6.07 Å². The van der Waals surface area contributed by atoms with Crippen LogP contribution >= 0.6 is 0 Å². The summed E-state index contributed by atoms with van der Waals surface area (Å²) in [6, 6.07) is 9.12. The number of hydrogen-bond acceptors (Lipinski definition) is 3. The second kappa shape index (κ2) is 5.33. The Hall–Kier alpha value is -2.36. The van der Waals surface area contributed by atoms with E-state index in [2.05, 4.69) is 21.3 Å². The first-order chi connectivity index (χ1) is 9.72. The minimum Gasteiger partial charge on any atom is -0.373 e. The maximum Gasteiger partial charge on any atom is 0.126 e. The fourth-order valence-corrected chi connectivity index (χ4v) is 2.22. The van der Waals surface area contributed by atoms with Crippen molar-refractivity contribution in [3.63, 3.8) is 0 Å². The molecule has 0 aliphatic carbocycles. The molecule has 1 N–H and O–H groups in total. The van der Waals surface area contributed by atoms with Crippen LogP contribution in [0.15, 0.2) is 48.9 Å². The normalized spacial score (nSPS) is 13.6.